The van der Waals surface area contributed by atoms with Crippen LogP contribution in [0.5, 0.6) is 0 Å². The van der Waals surface area contributed by atoms with Crippen LogP contribution in [0.15, 0.2) is 42.0 Å². The molecule has 1 aliphatic carbocycles. The van der Waals surface area contributed by atoms with Crippen LogP contribution in [0, 0.1) is 5.41 Å². The quantitative estimate of drug-likeness (QED) is 0.0548. The van der Waals surface area contributed by atoms with Gasteiger partial charge in [-0.15, -0.1) is 0 Å². The Morgan fingerprint density at radius 2 is 1.62 bits per heavy atom. The molecule has 0 radical (unpaired) electrons. The van der Waals surface area contributed by atoms with E-state index in [0.29, 0.717) is 24.0 Å². The van der Waals surface area contributed by atoms with Crippen molar-refractivity contribution in [2.45, 2.75) is 167 Å². The van der Waals surface area contributed by atoms with Crippen LogP contribution in [0.25, 0.3) is 6.08 Å². The third-order valence-corrected chi connectivity index (χ3v) is 10.7. The van der Waals surface area contributed by atoms with Crippen molar-refractivity contribution in [3.05, 3.63) is 53.1 Å². The molecule has 1 aromatic rings. The van der Waals surface area contributed by atoms with E-state index in [4.69, 9.17) is 28.4 Å². The van der Waals surface area contributed by atoms with Crippen LogP contribution < -0.4 is 10.6 Å². The summed E-state index contributed by atoms with van der Waals surface area (Å²) >= 11 is 0. The number of aliphatic hydroxyl groups excluding tert-OH is 1. The van der Waals surface area contributed by atoms with Crippen LogP contribution in [0.4, 0.5) is 0 Å². The van der Waals surface area contributed by atoms with Crippen LogP contribution in [0.1, 0.15) is 141 Å². The average Bonchev–Trinajstić information content (AvgIpc) is 3.70. The molecule has 15 heteroatoms. The maximum absolute atomic E-state index is 13.7. The van der Waals surface area contributed by atoms with Gasteiger partial charge in [0.15, 0.2) is 5.79 Å². The van der Waals surface area contributed by atoms with Gasteiger partial charge in [0, 0.05) is 55.7 Å². The number of benzene rings is 1. The first-order valence-corrected chi connectivity index (χ1v) is 21.7. The summed E-state index contributed by atoms with van der Waals surface area (Å²) in [5, 5.41) is 15.3. The molecule has 0 saturated carbocycles. The van der Waals surface area contributed by atoms with Crippen molar-refractivity contribution >= 4 is 41.8 Å². The van der Waals surface area contributed by atoms with Crippen molar-refractivity contribution in [3.8, 4) is 0 Å². The largest absolute Gasteiger partial charge is 0.462 e. The van der Waals surface area contributed by atoms with E-state index in [-0.39, 0.29) is 51.0 Å². The summed E-state index contributed by atoms with van der Waals surface area (Å²) in [6.07, 6.45) is 8.49. The summed E-state index contributed by atoms with van der Waals surface area (Å²) in [5.41, 5.74) is -0.123. The molecule has 2 aliphatic heterocycles. The second kappa shape index (κ2) is 22.5. The summed E-state index contributed by atoms with van der Waals surface area (Å²) in [6.45, 7) is 12.9. The molecule has 0 bridgehead atoms. The lowest BCUT2D eigenvalue weighted by Crippen LogP contribution is -2.44. The summed E-state index contributed by atoms with van der Waals surface area (Å²) in [5.74, 6) is -4.12. The minimum atomic E-state index is -1.00. The molecule has 2 fully saturated rings. The first-order chi connectivity index (χ1) is 28.9. The van der Waals surface area contributed by atoms with Crippen molar-refractivity contribution in [3.63, 3.8) is 0 Å². The maximum Gasteiger partial charge on any atom is 0.348 e. The highest BCUT2D eigenvalue weighted by Crippen LogP contribution is 2.43. The number of carbonyl (C=O) groups excluding carboxylic acids is 6. The third-order valence-electron chi connectivity index (χ3n) is 10.7. The molecule has 2 amide bonds. The van der Waals surface area contributed by atoms with E-state index in [1.165, 1.54) is 12.2 Å². The van der Waals surface area contributed by atoms with Gasteiger partial charge in [0.25, 0.3) is 0 Å². The number of nitrogens with one attached hydrogen (secondary N) is 2. The predicted octanol–water partition coefficient (Wildman–Crippen LogP) is 5.80. The number of ether oxygens (including phenoxy) is 6. The van der Waals surface area contributed by atoms with Gasteiger partial charge in [0.1, 0.15) is 30.5 Å². The van der Waals surface area contributed by atoms with E-state index in [9.17, 15) is 33.9 Å². The second-order valence-electron chi connectivity index (χ2n) is 17.8. The van der Waals surface area contributed by atoms with Gasteiger partial charge in [-0.05, 0) is 69.9 Å². The monoisotopic (exact) mass is 854 g/mol. The zero-order chi connectivity index (χ0) is 44.8. The number of unbranched alkanes of at least 4 members (excludes halogenated alkanes) is 4. The number of fused-ring (bicyclic) bond motifs is 1. The summed E-state index contributed by atoms with van der Waals surface area (Å²) in [7, 11) is 0. The molecule has 1 aromatic carbocycles. The standard InChI is InChI=1S/C46H66N2O13/c1-8-10-12-23-46(24-13-11-9-2)59-35-27-32(41(53)47-25-22-36(50)48-33(28-49)19-21-38(52)60-44(3,4)5)26-34(39(35)61-46)57-42(54)31-17-14-30(15-18-31)16-20-37(51)58-40-43(55)56-29-45(40,6)7/h14-18,20,27,33-35,39-40,49H,8-13,19,21-26,28-29H2,1-7H3,(H,47,53)(H,48,50)/t33-,34+,35+,39-,40-/m0/s1. The van der Waals surface area contributed by atoms with Gasteiger partial charge in [-0.1, -0.05) is 65.5 Å². The first-order valence-electron chi connectivity index (χ1n) is 21.7. The Kier molecular flexibility index (Phi) is 18.1. The molecule has 0 spiro atoms. The van der Waals surface area contributed by atoms with Crippen LogP contribution in [0.3, 0.4) is 0 Å². The molecule has 3 aliphatic rings. The van der Waals surface area contributed by atoms with E-state index in [1.54, 1.807) is 65.0 Å². The lowest BCUT2D eigenvalue weighted by atomic mass is 9.90. The molecule has 5 atom stereocenters. The number of hydrogen-bond donors (Lipinski definition) is 3. The Hall–Kier alpha value is -4.60. The Morgan fingerprint density at radius 3 is 2.21 bits per heavy atom. The molecule has 3 N–H and O–H groups in total. The number of aliphatic hydroxyl groups is 1. The molecule has 15 nitrogen and oxygen atoms in total. The van der Waals surface area contributed by atoms with Gasteiger partial charge < -0.3 is 44.2 Å². The highest BCUT2D eigenvalue weighted by Gasteiger charge is 2.52. The lowest BCUT2D eigenvalue weighted by molar-refractivity contribution is -0.190. The number of carbonyl (C=O) groups is 6. The fraction of sp³-hybridized carbons (Fsp3) is 0.652. The zero-order valence-electron chi connectivity index (χ0n) is 36.9. The Labute approximate surface area is 359 Å². The Morgan fingerprint density at radius 1 is 0.951 bits per heavy atom. The van der Waals surface area contributed by atoms with Crippen LogP contribution in [-0.4, -0.2) is 102 Å². The second-order valence-corrected chi connectivity index (χ2v) is 17.8. The van der Waals surface area contributed by atoms with E-state index in [1.807, 2.05) is 0 Å². The highest BCUT2D eigenvalue weighted by atomic mass is 16.8. The molecule has 338 valence electrons. The number of rotatable bonds is 22. The molecular formula is C46H66N2O13. The molecule has 2 heterocycles. The van der Waals surface area contributed by atoms with Crippen LogP contribution in [0.2, 0.25) is 0 Å². The maximum atomic E-state index is 13.7. The first kappa shape index (κ1) is 49.1. The van der Waals surface area contributed by atoms with Gasteiger partial charge in [-0.2, -0.15) is 0 Å². The molecule has 0 unspecified atom stereocenters. The predicted molar refractivity (Wildman–Crippen MR) is 224 cm³/mol. The minimum absolute atomic E-state index is 0.0102. The van der Waals surface area contributed by atoms with Gasteiger partial charge in [-0.3, -0.25) is 14.4 Å². The highest BCUT2D eigenvalue weighted by molar-refractivity contribution is 5.95. The van der Waals surface area contributed by atoms with E-state index in [2.05, 4.69) is 24.5 Å². The fourth-order valence-corrected chi connectivity index (χ4v) is 7.39. The van der Waals surface area contributed by atoms with Crippen molar-refractivity contribution in [1.82, 2.24) is 10.6 Å². The SMILES string of the molecule is CCCCCC1(CCCCC)O[C@@H]2[C@@H](C=C(C(=O)NCCC(=O)N[C@H](CO)CCC(=O)OC(C)(C)C)C[C@H]2OC(=O)c2ccc(C=CC(=O)O[C@H]3C(=O)OCC3(C)C)cc2)O1. The molecular weight excluding hydrogens is 789 g/mol. The molecule has 61 heavy (non-hydrogen) atoms. The van der Waals surface area contributed by atoms with Crippen molar-refractivity contribution in [1.29, 1.82) is 0 Å². The number of cyclic esters (lactones) is 1. The van der Waals surface area contributed by atoms with Crippen LogP contribution >= 0.6 is 0 Å². The third kappa shape index (κ3) is 15.1. The van der Waals surface area contributed by atoms with E-state index < -0.39 is 83.0 Å². The van der Waals surface area contributed by atoms with E-state index in [0.717, 1.165) is 38.5 Å². The number of hydrogen-bond acceptors (Lipinski definition) is 13. The summed E-state index contributed by atoms with van der Waals surface area (Å²) < 4.78 is 35.2. The van der Waals surface area contributed by atoms with Crippen molar-refractivity contribution < 1.29 is 62.3 Å². The fourth-order valence-electron chi connectivity index (χ4n) is 7.39. The topological polar surface area (TPSA) is 202 Å². The summed E-state index contributed by atoms with van der Waals surface area (Å²) in [4.78, 5) is 76.6. The van der Waals surface area contributed by atoms with Crippen molar-refractivity contribution in [2.75, 3.05) is 19.8 Å². The minimum Gasteiger partial charge on any atom is -0.462 e. The van der Waals surface area contributed by atoms with E-state index >= 15 is 0 Å². The number of esters is 4. The molecule has 2 saturated heterocycles. The van der Waals surface area contributed by atoms with Gasteiger partial charge >= 0.3 is 23.9 Å². The molecule has 4 rings (SSSR count). The van der Waals surface area contributed by atoms with Gasteiger partial charge in [-0.25, -0.2) is 14.4 Å². The normalized spacial score (nSPS) is 22.1. The smallest absolute Gasteiger partial charge is 0.348 e. The lowest BCUT2D eigenvalue weighted by Gasteiger charge is -2.31. The van der Waals surface area contributed by atoms with Gasteiger partial charge in [0.2, 0.25) is 17.9 Å². The number of amides is 2. The Balaban J connectivity index is 1.42. The zero-order valence-corrected chi connectivity index (χ0v) is 36.9. The summed E-state index contributed by atoms with van der Waals surface area (Å²) in [6, 6.07) is 5.73. The van der Waals surface area contributed by atoms with Crippen LogP contribution in [-0.2, 0) is 52.4 Å². The average molecular weight is 855 g/mol. The van der Waals surface area contributed by atoms with Crippen molar-refractivity contribution in [2.24, 2.45) is 5.41 Å². The Bertz CT molecular complexity index is 1740. The van der Waals surface area contributed by atoms with Gasteiger partial charge in [0.05, 0.1) is 18.2 Å². The molecule has 0 aromatic heterocycles.